The summed E-state index contributed by atoms with van der Waals surface area (Å²) in [7, 11) is -0.694. The predicted molar refractivity (Wildman–Crippen MR) is 91.2 cm³/mol. The number of sulfonamides is 1. The fourth-order valence-electron chi connectivity index (χ4n) is 2.19. The molecule has 0 heterocycles. The molecule has 0 bridgehead atoms. The van der Waals surface area contributed by atoms with Crippen LogP contribution in [0.15, 0.2) is 47.4 Å². The highest BCUT2D eigenvalue weighted by atomic mass is 35.5. The first-order valence-electron chi connectivity index (χ1n) is 6.94. The second kappa shape index (κ2) is 7.10. The van der Waals surface area contributed by atoms with E-state index in [4.69, 9.17) is 21.1 Å². The number of anilines is 1. The Kier molecular flexibility index (Phi) is 5.38. The van der Waals surface area contributed by atoms with E-state index < -0.39 is 10.0 Å². The van der Waals surface area contributed by atoms with E-state index in [1.807, 2.05) is 0 Å². The Labute approximate surface area is 141 Å². The summed E-state index contributed by atoms with van der Waals surface area (Å²) >= 11 is 5.83. The van der Waals surface area contributed by atoms with Crippen LogP contribution in [0, 0.1) is 0 Å². The molecular formula is C16H18ClNO4S. The van der Waals surface area contributed by atoms with E-state index >= 15 is 0 Å². The molecule has 0 aliphatic rings. The summed E-state index contributed by atoms with van der Waals surface area (Å²) in [6.07, 6.45) is 0. The van der Waals surface area contributed by atoms with Crippen molar-refractivity contribution in [3.05, 3.63) is 47.5 Å². The van der Waals surface area contributed by atoms with Crippen molar-refractivity contribution in [2.45, 2.75) is 11.8 Å². The molecule has 0 amide bonds. The van der Waals surface area contributed by atoms with E-state index in [0.717, 1.165) is 0 Å². The molecule has 5 nitrogen and oxygen atoms in total. The van der Waals surface area contributed by atoms with Gasteiger partial charge < -0.3 is 9.47 Å². The number of rotatable bonds is 6. The molecule has 2 aromatic carbocycles. The van der Waals surface area contributed by atoms with Gasteiger partial charge in [-0.2, -0.15) is 0 Å². The Balaban J connectivity index is 2.52. The van der Waals surface area contributed by atoms with Crippen molar-refractivity contribution in [1.29, 1.82) is 0 Å². The van der Waals surface area contributed by atoms with Gasteiger partial charge in [0, 0.05) is 17.6 Å². The lowest BCUT2D eigenvalue weighted by molar-refractivity contribution is 0.395. The molecule has 0 aliphatic heterocycles. The summed E-state index contributed by atoms with van der Waals surface area (Å²) in [6, 6.07) is 11.1. The molecule has 2 aromatic rings. The van der Waals surface area contributed by atoms with Crippen LogP contribution in [0.4, 0.5) is 5.69 Å². The number of halogens is 1. The molecule has 0 N–H and O–H groups in total. The Morgan fingerprint density at radius 3 is 2.22 bits per heavy atom. The van der Waals surface area contributed by atoms with E-state index in [1.165, 1.54) is 30.7 Å². The first kappa shape index (κ1) is 17.4. The topological polar surface area (TPSA) is 55.8 Å². The second-order valence-corrected chi connectivity index (χ2v) is 6.96. The third-order valence-corrected chi connectivity index (χ3v) is 5.50. The van der Waals surface area contributed by atoms with E-state index in [1.54, 1.807) is 37.3 Å². The van der Waals surface area contributed by atoms with Gasteiger partial charge in [0.15, 0.2) is 0 Å². The summed E-state index contributed by atoms with van der Waals surface area (Å²) in [4.78, 5) is 0.168. The third kappa shape index (κ3) is 3.54. The molecule has 0 unspecified atom stereocenters. The molecule has 0 saturated heterocycles. The minimum atomic E-state index is -3.72. The smallest absolute Gasteiger partial charge is 0.264 e. The van der Waals surface area contributed by atoms with Gasteiger partial charge in [-0.3, -0.25) is 4.31 Å². The largest absolute Gasteiger partial charge is 0.497 e. The molecule has 0 saturated carbocycles. The van der Waals surface area contributed by atoms with E-state index in [-0.39, 0.29) is 11.4 Å². The molecule has 7 heteroatoms. The Morgan fingerprint density at radius 1 is 1.04 bits per heavy atom. The number of nitrogens with zero attached hydrogens (tertiary/aromatic N) is 1. The molecule has 0 atom stereocenters. The number of hydrogen-bond acceptors (Lipinski definition) is 4. The molecule has 0 aromatic heterocycles. The highest BCUT2D eigenvalue weighted by Gasteiger charge is 2.26. The van der Waals surface area contributed by atoms with Crippen molar-refractivity contribution in [2.75, 3.05) is 25.1 Å². The Morgan fingerprint density at radius 2 is 1.70 bits per heavy atom. The maximum atomic E-state index is 12.9. The van der Waals surface area contributed by atoms with Crippen LogP contribution in [-0.2, 0) is 10.0 Å². The van der Waals surface area contributed by atoms with E-state index in [2.05, 4.69) is 0 Å². The van der Waals surface area contributed by atoms with Crippen LogP contribution in [0.3, 0.4) is 0 Å². The zero-order chi connectivity index (χ0) is 17.0. The van der Waals surface area contributed by atoms with E-state index in [0.29, 0.717) is 22.2 Å². The van der Waals surface area contributed by atoms with Crippen molar-refractivity contribution >= 4 is 27.3 Å². The minimum Gasteiger partial charge on any atom is -0.497 e. The zero-order valence-corrected chi connectivity index (χ0v) is 14.7. The van der Waals surface area contributed by atoms with Crippen LogP contribution in [0.2, 0.25) is 5.02 Å². The van der Waals surface area contributed by atoms with Gasteiger partial charge in [0.2, 0.25) is 0 Å². The van der Waals surface area contributed by atoms with Crippen molar-refractivity contribution in [3.8, 4) is 11.5 Å². The SMILES string of the molecule is CCN(c1ccc(OC)cc1OC)S(=O)(=O)c1ccc(Cl)cc1. The first-order valence-corrected chi connectivity index (χ1v) is 8.76. The molecular weight excluding hydrogens is 338 g/mol. The zero-order valence-electron chi connectivity index (χ0n) is 13.1. The summed E-state index contributed by atoms with van der Waals surface area (Å²) in [5.74, 6) is 1.01. The van der Waals surface area contributed by atoms with Crippen LogP contribution < -0.4 is 13.8 Å². The average Bonchev–Trinajstić information content (AvgIpc) is 2.56. The third-order valence-electron chi connectivity index (χ3n) is 3.34. The van der Waals surface area contributed by atoms with Crippen molar-refractivity contribution in [1.82, 2.24) is 0 Å². The van der Waals surface area contributed by atoms with Gasteiger partial charge in [-0.1, -0.05) is 11.6 Å². The maximum Gasteiger partial charge on any atom is 0.264 e. The standard InChI is InChI=1S/C16H18ClNO4S/c1-4-18(15-10-7-13(21-2)11-16(15)22-3)23(19,20)14-8-5-12(17)6-9-14/h5-11H,4H2,1-3H3. The van der Waals surface area contributed by atoms with E-state index in [9.17, 15) is 8.42 Å². The summed E-state index contributed by atoms with van der Waals surface area (Å²) in [5.41, 5.74) is 0.450. The van der Waals surface area contributed by atoms with Crippen LogP contribution in [0.1, 0.15) is 6.92 Å². The van der Waals surface area contributed by atoms with Crippen LogP contribution >= 0.6 is 11.6 Å². The molecule has 0 spiro atoms. The van der Waals surface area contributed by atoms with Crippen molar-refractivity contribution < 1.29 is 17.9 Å². The minimum absolute atomic E-state index is 0.168. The lowest BCUT2D eigenvalue weighted by Gasteiger charge is -2.25. The Hall–Kier alpha value is -1.92. The fraction of sp³-hybridized carbons (Fsp3) is 0.250. The summed E-state index contributed by atoms with van der Waals surface area (Å²) in [6.45, 7) is 2.02. The molecule has 0 aliphatic carbocycles. The fourth-order valence-corrected chi connectivity index (χ4v) is 3.80. The van der Waals surface area contributed by atoms with Crippen LogP contribution in [0.5, 0.6) is 11.5 Å². The highest BCUT2D eigenvalue weighted by Crippen LogP contribution is 2.35. The first-order chi connectivity index (χ1) is 10.9. The van der Waals surface area contributed by atoms with Gasteiger partial charge in [0.05, 0.1) is 24.8 Å². The van der Waals surface area contributed by atoms with Gasteiger partial charge in [-0.05, 0) is 43.3 Å². The summed E-state index contributed by atoms with van der Waals surface area (Å²) < 4.78 is 37.5. The number of methoxy groups -OCH3 is 2. The van der Waals surface area contributed by atoms with Gasteiger partial charge in [-0.15, -0.1) is 0 Å². The van der Waals surface area contributed by atoms with Gasteiger partial charge in [-0.25, -0.2) is 8.42 Å². The lowest BCUT2D eigenvalue weighted by atomic mass is 10.2. The Bertz CT molecular complexity index is 775. The molecule has 0 fully saturated rings. The number of benzene rings is 2. The second-order valence-electron chi connectivity index (χ2n) is 4.66. The van der Waals surface area contributed by atoms with Gasteiger partial charge in [0.1, 0.15) is 11.5 Å². The van der Waals surface area contributed by atoms with Crippen LogP contribution in [0.25, 0.3) is 0 Å². The van der Waals surface area contributed by atoms with Gasteiger partial charge in [0.25, 0.3) is 10.0 Å². The van der Waals surface area contributed by atoms with Crippen LogP contribution in [-0.4, -0.2) is 29.2 Å². The monoisotopic (exact) mass is 355 g/mol. The predicted octanol–water partition coefficient (Wildman–Crippen LogP) is 3.57. The average molecular weight is 356 g/mol. The van der Waals surface area contributed by atoms with Crippen molar-refractivity contribution in [3.63, 3.8) is 0 Å². The lowest BCUT2D eigenvalue weighted by Crippen LogP contribution is -2.31. The summed E-state index contributed by atoms with van der Waals surface area (Å²) in [5, 5.41) is 0.481. The number of hydrogen-bond donors (Lipinski definition) is 0. The number of ether oxygens (including phenoxy) is 2. The van der Waals surface area contributed by atoms with Gasteiger partial charge >= 0.3 is 0 Å². The molecule has 0 radical (unpaired) electrons. The molecule has 2 rings (SSSR count). The normalized spacial score (nSPS) is 11.1. The molecule has 23 heavy (non-hydrogen) atoms. The van der Waals surface area contributed by atoms with Crippen molar-refractivity contribution in [2.24, 2.45) is 0 Å². The molecule has 124 valence electrons. The quantitative estimate of drug-likeness (QED) is 0.794. The maximum absolute atomic E-state index is 12.9. The highest BCUT2D eigenvalue weighted by molar-refractivity contribution is 7.92.